The smallest absolute Gasteiger partial charge is 0.267 e. The van der Waals surface area contributed by atoms with Crippen LogP contribution in [0.1, 0.15) is 30.8 Å². The number of hydrazone groups is 1. The minimum Gasteiger partial charge on any atom is -0.346 e. The molecule has 7 nitrogen and oxygen atoms in total. The van der Waals surface area contributed by atoms with E-state index in [1.165, 1.54) is 5.01 Å². The average Bonchev–Trinajstić information content (AvgIpc) is 2.81. The minimum atomic E-state index is -0.167. The molecule has 112 valence electrons. The molecule has 1 aromatic rings. The van der Waals surface area contributed by atoms with Gasteiger partial charge in [0.15, 0.2) is 0 Å². The number of aromatic nitrogens is 2. The fraction of sp³-hybridized carbons (Fsp3) is 0.571. The van der Waals surface area contributed by atoms with Gasteiger partial charge in [0.1, 0.15) is 11.5 Å². The van der Waals surface area contributed by atoms with E-state index in [2.05, 4.69) is 20.0 Å². The number of aryl methyl sites for hydroxylation is 2. The molecule has 0 saturated carbocycles. The minimum absolute atomic E-state index is 0.0530. The normalized spacial score (nSPS) is 21.8. The van der Waals surface area contributed by atoms with Crippen LogP contribution in [0, 0.1) is 6.92 Å². The molecule has 7 heteroatoms. The second-order valence-electron chi connectivity index (χ2n) is 5.62. The number of rotatable bonds is 2. The lowest BCUT2D eigenvalue weighted by Gasteiger charge is -2.26. The fourth-order valence-electron chi connectivity index (χ4n) is 2.81. The first-order chi connectivity index (χ1) is 10.0. The van der Waals surface area contributed by atoms with Gasteiger partial charge in [0.25, 0.3) is 5.91 Å². The molecule has 3 rings (SSSR count). The zero-order valence-corrected chi connectivity index (χ0v) is 12.3. The van der Waals surface area contributed by atoms with Gasteiger partial charge in [-0.3, -0.25) is 9.59 Å². The fourth-order valence-corrected chi connectivity index (χ4v) is 2.81. The van der Waals surface area contributed by atoms with Gasteiger partial charge in [-0.05, 0) is 13.3 Å². The summed E-state index contributed by atoms with van der Waals surface area (Å²) in [6, 6.07) is 0.0873. The van der Waals surface area contributed by atoms with Crippen LogP contribution in [-0.2, 0) is 22.6 Å². The molecule has 1 aromatic heterocycles. The van der Waals surface area contributed by atoms with E-state index in [9.17, 15) is 9.59 Å². The van der Waals surface area contributed by atoms with E-state index < -0.39 is 0 Å². The largest absolute Gasteiger partial charge is 0.346 e. The van der Waals surface area contributed by atoms with Crippen molar-refractivity contribution in [3.8, 4) is 0 Å². The van der Waals surface area contributed by atoms with Crippen molar-refractivity contribution in [2.24, 2.45) is 5.10 Å². The molecule has 0 unspecified atom stereocenters. The van der Waals surface area contributed by atoms with Crippen molar-refractivity contribution in [2.45, 2.75) is 45.2 Å². The third kappa shape index (κ3) is 2.81. The van der Waals surface area contributed by atoms with Gasteiger partial charge in [-0.15, -0.1) is 0 Å². The molecule has 1 N–H and O–H groups in total. The maximum atomic E-state index is 12.2. The maximum absolute atomic E-state index is 12.2. The summed E-state index contributed by atoms with van der Waals surface area (Å²) in [4.78, 5) is 28.1. The molecule has 0 aliphatic carbocycles. The van der Waals surface area contributed by atoms with Gasteiger partial charge >= 0.3 is 0 Å². The Bertz CT molecular complexity index is 619. The van der Waals surface area contributed by atoms with E-state index in [4.69, 9.17) is 0 Å². The quantitative estimate of drug-likeness (QED) is 0.846. The van der Waals surface area contributed by atoms with Crippen molar-refractivity contribution < 1.29 is 9.59 Å². The van der Waals surface area contributed by atoms with Crippen molar-refractivity contribution in [1.29, 1.82) is 0 Å². The molecular formula is C14H19N5O2. The Hall–Kier alpha value is -2.18. The Labute approximate surface area is 123 Å². The Balaban J connectivity index is 1.64. The third-order valence-corrected chi connectivity index (χ3v) is 3.92. The van der Waals surface area contributed by atoms with Crippen molar-refractivity contribution in [3.05, 3.63) is 17.7 Å². The summed E-state index contributed by atoms with van der Waals surface area (Å²) in [5.74, 6) is 0.862. The topological polar surface area (TPSA) is 79.6 Å². The number of amides is 2. The van der Waals surface area contributed by atoms with Crippen LogP contribution in [0.15, 0.2) is 11.3 Å². The van der Waals surface area contributed by atoms with E-state index >= 15 is 0 Å². The van der Waals surface area contributed by atoms with Crippen LogP contribution < -0.4 is 5.32 Å². The Morgan fingerprint density at radius 2 is 2.19 bits per heavy atom. The van der Waals surface area contributed by atoms with Gasteiger partial charge in [0, 0.05) is 45.1 Å². The summed E-state index contributed by atoms with van der Waals surface area (Å²) in [7, 11) is 1.58. The lowest BCUT2D eigenvalue weighted by Crippen LogP contribution is -2.45. The van der Waals surface area contributed by atoms with Gasteiger partial charge in [-0.1, -0.05) is 0 Å². The summed E-state index contributed by atoms with van der Waals surface area (Å²) in [5.41, 5.74) is 1.44. The van der Waals surface area contributed by atoms with Crippen LogP contribution in [0.25, 0.3) is 0 Å². The molecule has 1 atom stereocenters. The number of nitrogens with one attached hydrogen (secondary N) is 1. The molecule has 3 heterocycles. The van der Waals surface area contributed by atoms with Crippen molar-refractivity contribution in [3.63, 3.8) is 0 Å². The zero-order valence-electron chi connectivity index (χ0n) is 12.3. The number of hydrogen-bond acceptors (Lipinski definition) is 4. The van der Waals surface area contributed by atoms with E-state index in [1.54, 1.807) is 7.05 Å². The predicted molar refractivity (Wildman–Crippen MR) is 76.7 cm³/mol. The van der Waals surface area contributed by atoms with Crippen LogP contribution in [-0.4, -0.2) is 45.2 Å². The lowest BCUT2D eigenvalue weighted by atomic mass is 10.1. The highest BCUT2D eigenvalue weighted by molar-refractivity contribution is 6.39. The highest BCUT2D eigenvalue weighted by Crippen LogP contribution is 2.15. The average molecular weight is 289 g/mol. The number of imidazole rings is 1. The first-order valence-electron chi connectivity index (χ1n) is 7.20. The molecule has 0 aromatic carbocycles. The molecule has 0 spiro atoms. The highest BCUT2D eigenvalue weighted by atomic mass is 16.2. The van der Waals surface area contributed by atoms with Crippen LogP contribution in [0.3, 0.4) is 0 Å². The predicted octanol–water partition coefficient (Wildman–Crippen LogP) is 0.231. The molecule has 21 heavy (non-hydrogen) atoms. The number of hydrogen-bond donors (Lipinski definition) is 1. The first kappa shape index (κ1) is 13.8. The Kier molecular flexibility index (Phi) is 3.48. The van der Waals surface area contributed by atoms with Crippen molar-refractivity contribution in [1.82, 2.24) is 19.9 Å². The third-order valence-electron chi connectivity index (χ3n) is 3.92. The van der Waals surface area contributed by atoms with Crippen LogP contribution >= 0.6 is 0 Å². The number of carbonyl (C=O) groups excluding carboxylic acids is 2. The Morgan fingerprint density at radius 1 is 1.38 bits per heavy atom. The summed E-state index contributed by atoms with van der Waals surface area (Å²) in [5, 5.41) is 8.31. The Morgan fingerprint density at radius 3 is 2.95 bits per heavy atom. The molecule has 0 fully saturated rings. The summed E-state index contributed by atoms with van der Waals surface area (Å²) in [6.07, 6.45) is 4.52. The summed E-state index contributed by atoms with van der Waals surface area (Å²) < 4.78 is 2.10. The molecule has 2 amide bonds. The van der Waals surface area contributed by atoms with E-state index in [0.717, 1.165) is 30.9 Å². The summed E-state index contributed by atoms with van der Waals surface area (Å²) in [6.45, 7) is 2.71. The molecule has 2 aliphatic rings. The lowest BCUT2D eigenvalue weighted by molar-refractivity contribution is -0.130. The number of carbonyl (C=O) groups is 2. The van der Waals surface area contributed by atoms with Crippen molar-refractivity contribution in [2.75, 3.05) is 7.05 Å². The van der Waals surface area contributed by atoms with Crippen LogP contribution in [0.2, 0.25) is 0 Å². The second-order valence-corrected chi connectivity index (χ2v) is 5.62. The van der Waals surface area contributed by atoms with Crippen LogP contribution in [0.5, 0.6) is 0 Å². The van der Waals surface area contributed by atoms with Crippen LogP contribution in [0.4, 0.5) is 0 Å². The molecule has 0 bridgehead atoms. The molecule has 0 saturated heterocycles. The number of fused-ring (bicyclic) bond motifs is 1. The van der Waals surface area contributed by atoms with E-state index in [1.807, 2.05) is 13.1 Å². The van der Waals surface area contributed by atoms with Gasteiger partial charge < -0.3 is 9.88 Å². The van der Waals surface area contributed by atoms with Gasteiger partial charge in [0.2, 0.25) is 5.91 Å². The molecule has 2 aliphatic heterocycles. The SMILES string of the molecule is Cc1cn2c(n1)CC[C@H](NC(=O)C1=NN(C)C(=O)CC1)C2. The second kappa shape index (κ2) is 5.31. The summed E-state index contributed by atoms with van der Waals surface area (Å²) >= 11 is 0. The highest BCUT2D eigenvalue weighted by Gasteiger charge is 2.26. The van der Waals surface area contributed by atoms with Gasteiger partial charge in [-0.25, -0.2) is 9.99 Å². The van der Waals surface area contributed by atoms with E-state index in [0.29, 0.717) is 18.6 Å². The first-order valence-corrected chi connectivity index (χ1v) is 7.20. The maximum Gasteiger partial charge on any atom is 0.267 e. The van der Waals surface area contributed by atoms with E-state index in [-0.39, 0.29) is 17.9 Å². The van der Waals surface area contributed by atoms with Gasteiger partial charge in [0.05, 0.1) is 5.69 Å². The van der Waals surface area contributed by atoms with Gasteiger partial charge in [-0.2, -0.15) is 5.10 Å². The monoisotopic (exact) mass is 289 g/mol. The zero-order chi connectivity index (χ0) is 15.0. The molecule has 0 radical (unpaired) electrons. The molecular weight excluding hydrogens is 270 g/mol. The number of nitrogens with zero attached hydrogens (tertiary/aromatic N) is 4. The standard InChI is InChI=1S/C14H19N5O2/c1-9-7-19-8-10(3-5-12(19)15-9)16-14(21)11-4-6-13(20)18(2)17-11/h7,10H,3-6,8H2,1-2H3,(H,16,21)/t10-/m0/s1. The van der Waals surface area contributed by atoms with Crippen molar-refractivity contribution >= 4 is 17.5 Å².